The number of methoxy groups -OCH3 is 2. The molecule has 1 aliphatic heterocycles. The van der Waals surface area contributed by atoms with Gasteiger partial charge in [0.25, 0.3) is 5.91 Å². The van der Waals surface area contributed by atoms with Gasteiger partial charge in [-0.15, -0.1) is 0 Å². The van der Waals surface area contributed by atoms with Gasteiger partial charge in [0, 0.05) is 12.8 Å². The molecule has 1 N–H and O–H groups in total. The molecule has 0 aromatic heterocycles. The Morgan fingerprint density at radius 1 is 1.12 bits per heavy atom. The molecule has 0 aliphatic carbocycles. The van der Waals surface area contributed by atoms with E-state index in [1.165, 1.54) is 12.0 Å². The maximum absolute atomic E-state index is 12.8. The zero-order valence-corrected chi connectivity index (χ0v) is 14.2. The van der Waals surface area contributed by atoms with E-state index in [0.29, 0.717) is 18.0 Å². The Kier molecular flexibility index (Phi) is 5.00. The monoisotopic (exact) mass is 340 g/mol. The average Bonchev–Trinajstić information content (AvgIpc) is 2.89. The van der Waals surface area contributed by atoms with E-state index >= 15 is 0 Å². The lowest BCUT2D eigenvalue weighted by molar-refractivity contribution is -0.121. The standard InChI is InChI=1S/C19H20N2O4/c1-24-12-13-6-5-7-14(10-13)20-15-11-18(22)21(19(15)23)16-8-3-4-9-17(16)25-2/h3-10,15,20H,11-12H2,1-2H3. The first-order chi connectivity index (χ1) is 12.1. The van der Waals surface area contributed by atoms with E-state index in [1.807, 2.05) is 24.3 Å². The first kappa shape index (κ1) is 17.0. The number of hydrogen-bond donors (Lipinski definition) is 1. The molecule has 0 bridgehead atoms. The summed E-state index contributed by atoms with van der Waals surface area (Å²) in [5.74, 6) is -0.0429. The van der Waals surface area contributed by atoms with Crippen LogP contribution < -0.4 is 15.0 Å². The number of carbonyl (C=O) groups is 2. The molecule has 6 nitrogen and oxygen atoms in total. The van der Waals surface area contributed by atoms with Crippen molar-refractivity contribution in [1.82, 2.24) is 0 Å². The molecule has 2 amide bonds. The second-order valence-electron chi connectivity index (χ2n) is 5.77. The third kappa shape index (κ3) is 3.49. The van der Waals surface area contributed by atoms with Crippen LogP contribution in [0, 0.1) is 0 Å². The Morgan fingerprint density at radius 2 is 1.92 bits per heavy atom. The van der Waals surface area contributed by atoms with Crippen molar-refractivity contribution in [3.63, 3.8) is 0 Å². The van der Waals surface area contributed by atoms with E-state index in [2.05, 4.69) is 5.32 Å². The summed E-state index contributed by atoms with van der Waals surface area (Å²) in [6.45, 7) is 0.487. The van der Waals surface area contributed by atoms with Crippen molar-refractivity contribution in [3.8, 4) is 5.75 Å². The van der Waals surface area contributed by atoms with Crippen molar-refractivity contribution < 1.29 is 19.1 Å². The van der Waals surface area contributed by atoms with Crippen LogP contribution in [0.4, 0.5) is 11.4 Å². The quantitative estimate of drug-likeness (QED) is 0.819. The first-order valence-electron chi connectivity index (χ1n) is 7.98. The molecule has 0 spiro atoms. The highest BCUT2D eigenvalue weighted by atomic mass is 16.5. The van der Waals surface area contributed by atoms with Gasteiger partial charge in [-0.05, 0) is 29.8 Å². The summed E-state index contributed by atoms with van der Waals surface area (Å²) in [5, 5.41) is 3.15. The van der Waals surface area contributed by atoms with Gasteiger partial charge in [0.05, 0.1) is 25.8 Å². The smallest absolute Gasteiger partial charge is 0.256 e. The second-order valence-corrected chi connectivity index (χ2v) is 5.77. The van der Waals surface area contributed by atoms with Gasteiger partial charge in [0.2, 0.25) is 5.91 Å². The number of imide groups is 1. The number of hydrogen-bond acceptors (Lipinski definition) is 5. The molecular weight excluding hydrogens is 320 g/mol. The van der Waals surface area contributed by atoms with E-state index in [0.717, 1.165) is 11.3 Å². The lowest BCUT2D eigenvalue weighted by atomic mass is 10.2. The van der Waals surface area contributed by atoms with Crippen LogP contribution in [0.3, 0.4) is 0 Å². The fourth-order valence-corrected chi connectivity index (χ4v) is 2.93. The first-order valence-corrected chi connectivity index (χ1v) is 7.98. The minimum absolute atomic E-state index is 0.103. The van der Waals surface area contributed by atoms with Gasteiger partial charge in [-0.3, -0.25) is 9.59 Å². The van der Waals surface area contributed by atoms with Gasteiger partial charge in [-0.2, -0.15) is 0 Å². The van der Waals surface area contributed by atoms with Gasteiger partial charge >= 0.3 is 0 Å². The molecule has 1 saturated heterocycles. The van der Waals surface area contributed by atoms with Crippen LogP contribution in [0.15, 0.2) is 48.5 Å². The molecule has 1 unspecified atom stereocenters. The molecule has 0 radical (unpaired) electrons. The molecule has 25 heavy (non-hydrogen) atoms. The van der Waals surface area contributed by atoms with Gasteiger partial charge in [0.1, 0.15) is 11.8 Å². The van der Waals surface area contributed by atoms with Crippen LogP contribution in [0.5, 0.6) is 5.75 Å². The van der Waals surface area contributed by atoms with Crippen LogP contribution in [0.1, 0.15) is 12.0 Å². The summed E-state index contributed by atoms with van der Waals surface area (Å²) >= 11 is 0. The van der Waals surface area contributed by atoms with Crippen LogP contribution in [-0.4, -0.2) is 32.1 Å². The fraction of sp³-hybridized carbons (Fsp3) is 0.263. The van der Waals surface area contributed by atoms with Crippen molar-refractivity contribution in [2.45, 2.75) is 19.1 Å². The maximum Gasteiger partial charge on any atom is 0.256 e. The fourth-order valence-electron chi connectivity index (χ4n) is 2.93. The van der Waals surface area contributed by atoms with Crippen molar-refractivity contribution >= 4 is 23.2 Å². The molecule has 2 aromatic rings. The van der Waals surface area contributed by atoms with E-state index in [1.54, 1.807) is 31.4 Å². The zero-order chi connectivity index (χ0) is 17.8. The van der Waals surface area contributed by atoms with Crippen molar-refractivity contribution in [3.05, 3.63) is 54.1 Å². The molecule has 2 aromatic carbocycles. The number of ether oxygens (including phenoxy) is 2. The van der Waals surface area contributed by atoms with Gasteiger partial charge < -0.3 is 14.8 Å². The summed E-state index contributed by atoms with van der Waals surface area (Å²) in [6.07, 6.45) is 0.103. The summed E-state index contributed by atoms with van der Waals surface area (Å²) in [6, 6.07) is 14.0. The summed E-state index contributed by atoms with van der Waals surface area (Å²) in [7, 11) is 3.14. The highest BCUT2D eigenvalue weighted by Crippen LogP contribution is 2.32. The zero-order valence-electron chi connectivity index (χ0n) is 14.2. The van der Waals surface area contributed by atoms with Crippen molar-refractivity contribution in [2.75, 3.05) is 24.4 Å². The van der Waals surface area contributed by atoms with Crippen LogP contribution in [0.2, 0.25) is 0 Å². The molecule has 1 aliphatic rings. The number of amides is 2. The normalized spacial score (nSPS) is 17.0. The molecule has 1 fully saturated rings. The molecule has 3 rings (SSSR count). The molecular formula is C19H20N2O4. The largest absolute Gasteiger partial charge is 0.495 e. The van der Waals surface area contributed by atoms with Crippen LogP contribution in [0.25, 0.3) is 0 Å². The van der Waals surface area contributed by atoms with E-state index in [4.69, 9.17) is 9.47 Å². The third-order valence-corrected chi connectivity index (χ3v) is 4.05. The second kappa shape index (κ2) is 7.36. The SMILES string of the molecule is COCc1cccc(NC2CC(=O)N(c3ccccc3OC)C2=O)c1. The molecule has 130 valence electrons. The number of benzene rings is 2. The van der Waals surface area contributed by atoms with E-state index in [-0.39, 0.29) is 18.2 Å². The van der Waals surface area contributed by atoms with Crippen molar-refractivity contribution in [1.29, 1.82) is 0 Å². The predicted molar refractivity (Wildman–Crippen MR) is 94.7 cm³/mol. The van der Waals surface area contributed by atoms with Gasteiger partial charge in [0.15, 0.2) is 0 Å². The Hall–Kier alpha value is -2.86. The molecule has 6 heteroatoms. The Balaban J connectivity index is 1.81. The highest BCUT2D eigenvalue weighted by Gasteiger charge is 2.40. The number of nitrogens with one attached hydrogen (secondary N) is 1. The van der Waals surface area contributed by atoms with E-state index < -0.39 is 6.04 Å². The van der Waals surface area contributed by atoms with E-state index in [9.17, 15) is 9.59 Å². The molecule has 1 atom stereocenters. The topological polar surface area (TPSA) is 67.9 Å². The molecule has 0 saturated carbocycles. The summed E-state index contributed by atoms with van der Waals surface area (Å²) in [5.41, 5.74) is 2.24. The lowest BCUT2D eigenvalue weighted by Crippen LogP contribution is -2.35. The minimum Gasteiger partial charge on any atom is -0.495 e. The Bertz CT molecular complexity index is 790. The summed E-state index contributed by atoms with van der Waals surface area (Å²) in [4.78, 5) is 26.4. The Morgan fingerprint density at radius 3 is 2.68 bits per heavy atom. The minimum atomic E-state index is -0.602. The highest BCUT2D eigenvalue weighted by molar-refractivity contribution is 6.23. The number of anilines is 2. The molecule has 1 heterocycles. The maximum atomic E-state index is 12.8. The van der Waals surface area contributed by atoms with Crippen LogP contribution >= 0.6 is 0 Å². The lowest BCUT2D eigenvalue weighted by Gasteiger charge is -2.18. The number of para-hydroxylation sites is 2. The average molecular weight is 340 g/mol. The summed E-state index contributed by atoms with van der Waals surface area (Å²) < 4.78 is 10.4. The number of carbonyl (C=O) groups excluding carboxylic acids is 2. The third-order valence-electron chi connectivity index (χ3n) is 4.05. The van der Waals surface area contributed by atoms with Gasteiger partial charge in [-0.1, -0.05) is 24.3 Å². The number of rotatable bonds is 6. The van der Waals surface area contributed by atoms with Crippen molar-refractivity contribution in [2.24, 2.45) is 0 Å². The Labute approximate surface area is 146 Å². The predicted octanol–water partition coefficient (Wildman–Crippen LogP) is 2.59. The van der Waals surface area contributed by atoms with Gasteiger partial charge in [-0.25, -0.2) is 4.90 Å². The number of nitrogens with zero attached hydrogens (tertiary/aromatic N) is 1. The van der Waals surface area contributed by atoms with Crippen LogP contribution in [-0.2, 0) is 20.9 Å².